The monoisotopic (exact) mass is 600 g/mol. The van der Waals surface area contributed by atoms with Crippen molar-refractivity contribution in [2.75, 3.05) is 24.7 Å². The number of aliphatic hydroxyl groups excluding tert-OH is 2. The maximum absolute atomic E-state index is 12.7. The lowest BCUT2D eigenvalue weighted by atomic mass is 10.2. The highest BCUT2D eigenvalue weighted by Crippen LogP contribution is 2.49. The number of imidazole rings is 1. The van der Waals surface area contributed by atoms with Gasteiger partial charge in [0.05, 0.1) is 25.6 Å². The molecule has 0 aliphatic carbocycles. The van der Waals surface area contributed by atoms with E-state index in [-0.39, 0.29) is 30.0 Å². The van der Waals surface area contributed by atoms with E-state index < -0.39 is 86.5 Å². The maximum Gasteiger partial charge on any atom is 0.472 e. The molecule has 0 amide bonds. The smallest absolute Gasteiger partial charge is 0.472 e. The van der Waals surface area contributed by atoms with Crippen molar-refractivity contribution >= 4 is 36.7 Å². The Hall–Kier alpha value is -3.75. The van der Waals surface area contributed by atoms with Crippen LogP contribution >= 0.6 is 7.82 Å². The van der Waals surface area contributed by atoms with E-state index in [1.807, 2.05) is 0 Å². The van der Waals surface area contributed by atoms with Crippen LogP contribution in [0.5, 0.6) is 0 Å². The lowest BCUT2D eigenvalue weighted by Gasteiger charge is -2.21. The highest BCUT2D eigenvalue weighted by molar-refractivity contribution is 7.47. The van der Waals surface area contributed by atoms with Crippen LogP contribution in [0.2, 0.25) is 0 Å². The molecule has 0 saturated carbocycles. The number of aromatic carboxylic acids is 1. The molecule has 0 radical (unpaired) electrons. The van der Waals surface area contributed by atoms with Crippen LogP contribution in [0.3, 0.4) is 0 Å². The summed E-state index contributed by atoms with van der Waals surface area (Å²) >= 11 is 0. The number of carboxylic acid groups (broad SMARTS) is 1. The molecule has 5 heterocycles. The number of aliphatic hydroxyl groups is 2. The second kappa shape index (κ2) is 10.9. The molecule has 5 rings (SSSR count). The number of hydrogen-bond acceptors (Lipinski definition) is 15. The molecule has 222 valence electrons. The summed E-state index contributed by atoms with van der Waals surface area (Å²) < 4.78 is 36.4. The Balaban J connectivity index is 1.23. The molecule has 2 fully saturated rings. The molecule has 9 N–H and O–H groups in total. The number of H-pyrrole nitrogens is 1. The fourth-order valence-corrected chi connectivity index (χ4v) is 5.52. The molecule has 0 aromatic carbocycles. The molecule has 3 aromatic heterocycles. The van der Waals surface area contributed by atoms with Crippen molar-refractivity contribution in [1.82, 2.24) is 29.1 Å². The lowest BCUT2D eigenvalue weighted by Crippen LogP contribution is -2.30. The molecule has 7 atom stereocenters. The SMILES string of the molecule is Nc1nc2c(ncn2[C@H]2C[C@@H](O)[C@@H](COP(=O)(O)O[C@@H]3C[C@H](n4cc(C(=O)O)c(N)nc4=O)O[C@@H]3CO)O2)c(=O)[nH]1. The largest absolute Gasteiger partial charge is 0.478 e. The molecule has 3 aromatic rings. The predicted octanol–water partition coefficient (Wildman–Crippen LogP) is -2.33. The molecule has 2 aliphatic heterocycles. The van der Waals surface area contributed by atoms with Gasteiger partial charge in [0.2, 0.25) is 5.95 Å². The van der Waals surface area contributed by atoms with Crippen LogP contribution in [0.4, 0.5) is 11.8 Å². The molecule has 20 nitrogen and oxygen atoms in total. The van der Waals surface area contributed by atoms with E-state index in [0.29, 0.717) is 0 Å². The first-order valence-corrected chi connectivity index (χ1v) is 13.5. The Labute approximate surface area is 227 Å². The average Bonchev–Trinajstić information content (AvgIpc) is 3.59. The maximum atomic E-state index is 12.7. The second-order valence-electron chi connectivity index (χ2n) is 9.20. The molecule has 2 aliphatic rings. The van der Waals surface area contributed by atoms with Crippen LogP contribution in [0.25, 0.3) is 11.2 Å². The molecular formula is C20H25N8O12P. The van der Waals surface area contributed by atoms with Gasteiger partial charge in [-0.3, -0.25) is 28.0 Å². The van der Waals surface area contributed by atoms with Crippen molar-refractivity contribution in [2.45, 2.75) is 49.7 Å². The fraction of sp³-hybridized carbons (Fsp3) is 0.500. The summed E-state index contributed by atoms with van der Waals surface area (Å²) in [4.78, 5) is 59.8. The van der Waals surface area contributed by atoms with E-state index >= 15 is 0 Å². The van der Waals surface area contributed by atoms with E-state index in [9.17, 15) is 39.2 Å². The summed E-state index contributed by atoms with van der Waals surface area (Å²) in [5.74, 6) is -2.11. The molecule has 21 heteroatoms. The Bertz CT molecular complexity index is 1640. The van der Waals surface area contributed by atoms with Crippen molar-refractivity contribution in [3.05, 3.63) is 38.9 Å². The van der Waals surface area contributed by atoms with E-state index in [1.54, 1.807) is 0 Å². The quantitative estimate of drug-likeness (QED) is 0.127. The van der Waals surface area contributed by atoms with Gasteiger partial charge in [-0.1, -0.05) is 0 Å². The van der Waals surface area contributed by atoms with Gasteiger partial charge < -0.3 is 41.2 Å². The summed E-state index contributed by atoms with van der Waals surface area (Å²) in [6.45, 7) is -1.28. The average molecular weight is 600 g/mol. The number of nitrogens with one attached hydrogen (secondary N) is 1. The van der Waals surface area contributed by atoms with E-state index in [4.69, 9.17) is 30.0 Å². The lowest BCUT2D eigenvalue weighted by molar-refractivity contribution is -0.0564. The zero-order valence-electron chi connectivity index (χ0n) is 20.8. The Kier molecular flexibility index (Phi) is 7.66. The van der Waals surface area contributed by atoms with Crippen LogP contribution in [0, 0.1) is 0 Å². The van der Waals surface area contributed by atoms with E-state index in [2.05, 4.69) is 19.9 Å². The number of phosphoric ester groups is 1. The third-order valence-electron chi connectivity index (χ3n) is 6.52. The number of aromatic amines is 1. The molecule has 41 heavy (non-hydrogen) atoms. The van der Waals surface area contributed by atoms with Gasteiger partial charge in [0.15, 0.2) is 11.2 Å². The van der Waals surface area contributed by atoms with E-state index in [0.717, 1.165) is 10.8 Å². The summed E-state index contributed by atoms with van der Waals surface area (Å²) in [5.41, 5.74) is 9.18. The van der Waals surface area contributed by atoms with Gasteiger partial charge >= 0.3 is 19.5 Å². The van der Waals surface area contributed by atoms with Crippen molar-refractivity contribution in [3.63, 3.8) is 0 Å². The minimum absolute atomic E-state index is 0.00209. The van der Waals surface area contributed by atoms with Crippen LogP contribution in [0.1, 0.15) is 35.7 Å². The highest BCUT2D eigenvalue weighted by Gasteiger charge is 2.43. The first-order chi connectivity index (χ1) is 19.4. The van der Waals surface area contributed by atoms with Crippen molar-refractivity contribution in [1.29, 1.82) is 0 Å². The minimum Gasteiger partial charge on any atom is -0.478 e. The first-order valence-electron chi connectivity index (χ1n) is 12.0. The number of aromatic nitrogens is 6. The topological polar surface area (TPSA) is 302 Å². The fourth-order valence-electron chi connectivity index (χ4n) is 4.56. The summed E-state index contributed by atoms with van der Waals surface area (Å²) in [7, 11) is -4.86. The number of rotatable bonds is 9. The molecule has 0 bridgehead atoms. The third-order valence-corrected chi connectivity index (χ3v) is 7.53. The van der Waals surface area contributed by atoms with Gasteiger partial charge in [-0.05, 0) is 0 Å². The van der Waals surface area contributed by atoms with Gasteiger partial charge in [0, 0.05) is 19.0 Å². The van der Waals surface area contributed by atoms with E-state index in [1.165, 1.54) is 10.9 Å². The predicted molar refractivity (Wildman–Crippen MR) is 133 cm³/mol. The highest BCUT2D eigenvalue weighted by atomic mass is 31.2. The van der Waals surface area contributed by atoms with Crippen LogP contribution < -0.4 is 22.7 Å². The first kappa shape index (κ1) is 28.8. The zero-order chi connectivity index (χ0) is 29.6. The summed E-state index contributed by atoms with van der Waals surface area (Å²) in [6, 6.07) is 0. The number of phosphoric acid groups is 1. The molecule has 1 unspecified atom stereocenters. The van der Waals surface area contributed by atoms with Crippen LogP contribution in [-0.2, 0) is 23.1 Å². The number of anilines is 2. The molecular weight excluding hydrogens is 575 g/mol. The van der Waals surface area contributed by atoms with Gasteiger partial charge in [0.25, 0.3) is 5.56 Å². The number of carboxylic acids is 1. The minimum atomic E-state index is -4.86. The number of nitrogens with two attached hydrogens (primary N) is 2. The van der Waals surface area contributed by atoms with Crippen molar-refractivity contribution < 1.29 is 48.1 Å². The number of nitrogens with zero attached hydrogens (tertiary/aromatic N) is 5. The number of ether oxygens (including phenoxy) is 2. The van der Waals surface area contributed by atoms with Gasteiger partial charge in [-0.15, -0.1) is 0 Å². The Morgan fingerprint density at radius 3 is 2.59 bits per heavy atom. The normalized spacial score (nSPS) is 27.8. The number of fused-ring (bicyclic) bond motifs is 1. The number of nitrogen functional groups attached to an aromatic ring is 2. The van der Waals surface area contributed by atoms with Crippen molar-refractivity contribution in [3.8, 4) is 0 Å². The van der Waals surface area contributed by atoms with Crippen LogP contribution in [-0.4, -0.2) is 92.9 Å². The standard InChI is InChI=1S/C20H25N8O12P/c21-15-7(18(32)33)3-27(20(34)24-15)13-2-9(10(4-29)38-13)40-41(35,36)37-5-11-8(30)1-12(39-11)28-6-23-14-16(28)25-19(22)26-17(14)31/h3,6,8-13,29-30H,1-2,4-5H2,(H,32,33)(H,35,36)(H2,21,24,34)(H3,22,25,26,31)/t8-,9-,10-,11-,12-,13-/m1/s1. The zero-order valence-corrected chi connectivity index (χ0v) is 21.7. The summed E-state index contributed by atoms with van der Waals surface area (Å²) in [6.07, 6.45) is -4.88. The third kappa shape index (κ3) is 5.72. The molecule has 0 spiro atoms. The number of hydrogen-bond donors (Lipinski definition) is 7. The van der Waals surface area contributed by atoms with Gasteiger partial charge in [-0.25, -0.2) is 19.1 Å². The van der Waals surface area contributed by atoms with Gasteiger partial charge in [0.1, 0.15) is 42.1 Å². The summed E-state index contributed by atoms with van der Waals surface area (Å²) in [5, 5.41) is 29.4. The second-order valence-corrected chi connectivity index (χ2v) is 10.6. The van der Waals surface area contributed by atoms with Gasteiger partial charge in [-0.2, -0.15) is 9.97 Å². The van der Waals surface area contributed by atoms with Crippen LogP contribution in [0.15, 0.2) is 22.1 Å². The number of carbonyl (C=O) groups is 1. The van der Waals surface area contributed by atoms with Crippen molar-refractivity contribution in [2.24, 2.45) is 0 Å². The Morgan fingerprint density at radius 1 is 1.17 bits per heavy atom. The Morgan fingerprint density at radius 2 is 1.88 bits per heavy atom. The molecule has 2 saturated heterocycles.